The summed E-state index contributed by atoms with van der Waals surface area (Å²) in [7, 11) is 0. The zero-order chi connectivity index (χ0) is 13.0. The Bertz CT molecular complexity index is 525. The molecule has 0 amide bonds. The molecule has 0 aliphatic heterocycles. The molecule has 0 saturated carbocycles. The van der Waals surface area contributed by atoms with Gasteiger partial charge in [0.2, 0.25) is 0 Å². The Morgan fingerprint density at radius 1 is 1.44 bits per heavy atom. The third-order valence-corrected chi connectivity index (χ3v) is 3.43. The fraction of sp³-hybridized carbons (Fsp3) is 0.308. The van der Waals surface area contributed by atoms with Crippen LogP contribution in [-0.2, 0) is 13.1 Å². The van der Waals surface area contributed by atoms with E-state index in [0.717, 1.165) is 29.0 Å². The van der Waals surface area contributed by atoms with E-state index in [-0.39, 0.29) is 5.82 Å². The van der Waals surface area contributed by atoms with Crippen molar-refractivity contribution in [2.75, 3.05) is 6.54 Å². The molecule has 0 fully saturated rings. The summed E-state index contributed by atoms with van der Waals surface area (Å²) in [6, 6.07) is 4.74. The molecule has 0 aliphatic carbocycles. The van der Waals surface area contributed by atoms with Crippen molar-refractivity contribution in [1.29, 1.82) is 0 Å². The van der Waals surface area contributed by atoms with Gasteiger partial charge in [-0.2, -0.15) is 0 Å². The van der Waals surface area contributed by atoms with E-state index in [1.807, 2.05) is 6.20 Å². The molecule has 2 aromatic rings. The van der Waals surface area contributed by atoms with Gasteiger partial charge in [0.25, 0.3) is 0 Å². The van der Waals surface area contributed by atoms with Crippen LogP contribution in [0.25, 0.3) is 0 Å². The largest absolute Gasteiger partial charge is 0.329 e. The Labute approximate surface area is 114 Å². The van der Waals surface area contributed by atoms with Crippen molar-refractivity contribution in [1.82, 2.24) is 14.9 Å². The summed E-state index contributed by atoms with van der Waals surface area (Å²) in [6.07, 6.45) is 3.71. The second-order valence-electron chi connectivity index (χ2n) is 3.99. The minimum Gasteiger partial charge on any atom is -0.329 e. The number of nitrogens with zero attached hydrogens (tertiary/aromatic N) is 2. The van der Waals surface area contributed by atoms with E-state index in [9.17, 15) is 4.39 Å². The van der Waals surface area contributed by atoms with Crippen LogP contribution in [0.4, 0.5) is 4.39 Å². The quantitative estimate of drug-likeness (QED) is 0.920. The molecule has 3 nitrogen and oxygen atoms in total. The predicted octanol–water partition coefficient (Wildman–Crippen LogP) is 2.94. The summed E-state index contributed by atoms with van der Waals surface area (Å²) in [5.74, 6) is 0.747. The standard InChI is InChI=1S/C13H15BrFN3/c1-2-16-8-13-17-5-6-18(13)9-10-3-4-11(15)7-12(10)14/h3-7,16H,2,8-9H2,1H3. The lowest BCUT2D eigenvalue weighted by molar-refractivity contribution is 0.621. The molecule has 0 saturated heterocycles. The molecule has 0 aliphatic rings. The summed E-state index contributed by atoms with van der Waals surface area (Å²) in [5, 5.41) is 3.25. The van der Waals surface area contributed by atoms with Gasteiger partial charge in [-0.25, -0.2) is 9.37 Å². The van der Waals surface area contributed by atoms with Crippen LogP contribution in [0.2, 0.25) is 0 Å². The zero-order valence-electron chi connectivity index (χ0n) is 10.2. The summed E-state index contributed by atoms with van der Waals surface area (Å²) >= 11 is 3.38. The predicted molar refractivity (Wildman–Crippen MR) is 72.8 cm³/mol. The lowest BCUT2D eigenvalue weighted by Gasteiger charge is -2.10. The molecule has 1 aromatic heterocycles. The van der Waals surface area contributed by atoms with Crippen LogP contribution in [0.5, 0.6) is 0 Å². The SMILES string of the molecule is CCNCc1nccn1Cc1ccc(F)cc1Br. The zero-order valence-corrected chi connectivity index (χ0v) is 11.7. The molecule has 1 heterocycles. The van der Waals surface area contributed by atoms with E-state index >= 15 is 0 Å². The van der Waals surface area contributed by atoms with Crippen molar-refractivity contribution < 1.29 is 4.39 Å². The molecular weight excluding hydrogens is 297 g/mol. The van der Waals surface area contributed by atoms with Crippen molar-refractivity contribution in [2.45, 2.75) is 20.0 Å². The number of nitrogens with one attached hydrogen (secondary N) is 1. The molecular formula is C13H15BrFN3. The average Bonchev–Trinajstić information content (AvgIpc) is 2.77. The minimum atomic E-state index is -0.232. The molecule has 0 atom stereocenters. The molecule has 5 heteroatoms. The van der Waals surface area contributed by atoms with Gasteiger partial charge in [-0.05, 0) is 24.2 Å². The van der Waals surface area contributed by atoms with Gasteiger partial charge in [-0.3, -0.25) is 0 Å². The first-order chi connectivity index (χ1) is 8.70. The molecule has 0 bridgehead atoms. The highest BCUT2D eigenvalue weighted by molar-refractivity contribution is 9.10. The van der Waals surface area contributed by atoms with Crippen LogP contribution in [0.1, 0.15) is 18.3 Å². The first-order valence-corrected chi connectivity index (χ1v) is 6.64. The number of rotatable bonds is 5. The number of imidazole rings is 1. The third kappa shape index (κ3) is 3.17. The summed E-state index contributed by atoms with van der Waals surface area (Å²) in [4.78, 5) is 4.31. The summed E-state index contributed by atoms with van der Waals surface area (Å²) in [5.41, 5.74) is 1.03. The molecule has 96 valence electrons. The van der Waals surface area contributed by atoms with Gasteiger partial charge in [0, 0.05) is 23.4 Å². The van der Waals surface area contributed by atoms with Crippen molar-refractivity contribution in [3.8, 4) is 0 Å². The normalized spacial score (nSPS) is 10.8. The van der Waals surface area contributed by atoms with Gasteiger partial charge in [-0.1, -0.05) is 28.9 Å². The van der Waals surface area contributed by atoms with Crippen molar-refractivity contribution in [3.05, 3.63) is 52.3 Å². The first-order valence-electron chi connectivity index (χ1n) is 5.85. The van der Waals surface area contributed by atoms with Crippen molar-refractivity contribution in [3.63, 3.8) is 0 Å². The van der Waals surface area contributed by atoms with Crippen LogP contribution in [0.15, 0.2) is 35.1 Å². The maximum absolute atomic E-state index is 13.0. The lowest BCUT2D eigenvalue weighted by Crippen LogP contribution is -2.16. The van der Waals surface area contributed by atoms with E-state index in [4.69, 9.17) is 0 Å². The second-order valence-corrected chi connectivity index (χ2v) is 4.84. The van der Waals surface area contributed by atoms with Crippen LogP contribution in [0, 0.1) is 5.82 Å². The van der Waals surface area contributed by atoms with Crippen molar-refractivity contribution >= 4 is 15.9 Å². The first kappa shape index (κ1) is 13.2. The average molecular weight is 312 g/mol. The van der Waals surface area contributed by atoms with Gasteiger partial charge in [-0.15, -0.1) is 0 Å². The van der Waals surface area contributed by atoms with E-state index in [1.54, 1.807) is 12.3 Å². The third-order valence-electron chi connectivity index (χ3n) is 2.69. The van der Waals surface area contributed by atoms with Gasteiger partial charge < -0.3 is 9.88 Å². The Kier molecular flexibility index (Phi) is 4.49. The minimum absolute atomic E-state index is 0.232. The van der Waals surface area contributed by atoms with Gasteiger partial charge in [0.1, 0.15) is 11.6 Å². The maximum Gasteiger partial charge on any atom is 0.124 e. The molecule has 0 radical (unpaired) electrons. The molecule has 2 rings (SSSR count). The highest BCUT2D eigenvalue weighted by atomic mass is 79.9. The summed E-state index contributed by atoms with van der Waals surface area (Å²) < 4.78 is 15.9. The highest BCUT2D eigenvalue weighted by Crippen LogP contribution is 2.19. The van der Waals surface area contributed by atoms with E-state index in [2.05, 4.69) is 37.7 Å². The monoisotopic (exact) mass is 311 g/mol. The molecule has 18 heavy (non-hydrogen) atoms. The maximum atomic E-state index is 13.0. The van der Waals surface area contributed by atoms with Crippen LogP contribution in [-0.4, -0.2) is 16.1 Å². The Morgan fingerprint density at radius 2 is 2.28 bits per heavy atom. The Morgan fingerprint density at radius 3 is 3.00 bits per heavy atom. The molecule has 0 spiro atoms. The van der Waals surface area contributed by atoms with Gasteiger partial charge in [0.05, 0.1) is 6.54 Å². The summed E-state index contributed by atoms with van der Waals surface area (Å²) in [6.45, 7) is 4.39. The van der Waals surface area contributed by atoms with E-state index < -0.39 is 0 Å². The topological polar surface area (TPSA) is 29.9 Å². The Hall–Kier alpha value is -1.20. The number of hydrogen-bond acceptors (Lipinski definition) is 2. The molecule has 1 N–H and O–H groups in total. The van der Waals surface area contributed by atoms with E-state index in [0.29, 0.717) is 6.54 Å². The molecule has 1 aromatic carbocycles. The van der Waals surface area contributed by atoms with Crippen LogP contribution >= 0.6 is 15.9 Å². The van der Waals surface area contributed by atoms with E-state index in [1.165, 1.54) is 12.1 Å². The highest BCUT2D eigenvalue weighted by Gasteiger charge is 2.06. The fourth-order valence-electron chi connectivity index (χ4n) is 1.72. The molecule has 0 unspecified atom stereocenters. The van der Waals surface area contributed by atoms with Gasteiger partial charge >= 0.3 is 0 Å². The van der Waals surface area contributed by atoms with Crippen molar-refractivity contribution in [2.24, 2.45) is 0 Å². The fourth-order valence-corrected chi connectivity index (χ4v) is 2.20. The lowest BCUT2D eigenvalue weighted by atomic mass is 10.2. The van der Waals surface area contributed by atoms with Crippen LogP contribution in [0.3, 0.4) is 0 Å². The second kappa shape index (κ2) is 6.11. The number of halogens is 2. The van der Waals surface area contributed by atoms with Crippen LogP contribution < -0.4 is 5.32 Å². The smallest absolute Gasteiger partial charge is 0.124 e. The van der Waals surface area contributed by atoms with Gasteiger partial charge in [0.15, 0.2) is 0 Å². The Balaban J connectivity index is 2.15. The number of benzene rings is 1. The number of aromatic nitrogens is 2. The number of hydrogen-bond donors (Lipinski definition) is 1.